The Hall–Kier alpha value is -2.02. The number of benzene rings is 1. The van der Waals surface area contributed by atoms with Crippen LogP contribution in [0.25, 0.3) is 0 Å². The van der Waals surface area contributed by atoms with Gasteiger partial charge in [0.05, 0.1) is 7.11 Å². The molecule has 1 aromatic carbocycles. The Labute approximate surface area is 110 Å². The number of ether oxygens (including phenoxy) is 2. The maximum atomic E-state index is 10.4. The Bertz CT molecular complexity index is 451. The van der Waals surface area contributed by atoms with Gasteiger partial charge in [-0.1, -0.05) is 12.2 Å². The van der Waals surface area contributed by atoms with Crippen molar-refractivity contribution in [3.05, 3.63) is 23.8 Å². The Morgan fingerprint density at radius 2 is 2.17 bits per heavy atom. The molecular formula is C11H15N3O3S. The molecule has 0 atom stereocenters. The molecule has 0 fully saturated rings. The fourth-order valence-corrected chi connectivity index (χ4v) is 1.53. The number of nitrogens with one attached hydrogen (secondary N) is 1. The highest BCUT2D eigenvalue weighted by Crippen LogP contribution is 2.22. The SMILES string of the molecule is COc1ccc(C(N)=S)c(NCCOC(N)=O)c1. The highest BCUT2D eigenvalue weighted by atomic mass is 32.1. The predicted octanol–water partition coefficient (Wildman–Crippen LogP) is 0.837. The van der Waals surface area contributed by atoms with Crippen LogP contribution < -0.4 is 21.5 Å². The quantitative estimate of drug-likeness (QED) is 0.522. The van der Waals surface area contributed by atoms with Crippen molar-refractivity contribution in [2.24, 2.45) is 11.5 Å². The normalized spacial score (nSPS) is 9.61. The van der Waals surface area contributed by atoms with Crippen LogP contribution in [0.1, 0.15) is 5.56 Å². The molecule has 0 aromatic heterocycles. The minimum absolute atomic E-state index is 0.156. The lowest BCUT2D eigenvalue weighted by Crippen LogP contribution is -2.20. The van der Waals surface area contributed by atoms with E-state index in [-0.39, 0.29) is 11.6 Å². The minimum atomic E-state index is -0.808. The van der Waals surface area contributed by atoms with E-state index in [1.54, 1.807) is 25.3 Å². The number of carbonyl (C=O) groups excluding carboxylic acids is 1. The van der Waals surface area contributed by atoms with Gasteiger partial charge in [0, 0.05) is 23.9 Å². The zero-order chi connectivity index (χ0) is 13.5. The van der Waals surface area contributed by atoms with Crippen LogP contribution in [0.3, 0.4) is 0 Å². The highest BCUT2D eigenvalue weighted by molar-refractivity contribution is 7.80. The van der Waals surface area contributed by atoms with Crippen molar-refractivity contribution in [1.29, 1.82) is 0 Å². The van der Waals surface area contributed by atoms with E-state index in [1.807, 2.05) is 0 Å². The van der Waals surface area contributed by atoms with E-state index in [9.17, 15) is 4.79 Å². The Balaban J connectivity index is 2.71. The van der Waals surface area contributed by atoms with Crippen LogP contribution in [0.4, 0.5) is 10.5 Å². The zero-order valence-electron chi connectivity index (χ0n) is 9.93. The third kappa shape index (κ3) is 4.10. The van der Waals surface area contributed by atoms with Gasteiger partial charge in [0.2, 0.25) is 0 Å². The fraction of sp³-hybridized carbons (Fsp3) is 0.273. The summed E-state index contributed by atoms with van der Waals surface area (Å²) in [5.41, 5.74) is 11.9. The van der Waals surface area contributed by atoms with Gasteiger partial charge in [-0.15, -0.1) is 0 Å². The maximum absolute atomic E-state index is 10.4. The van der Waals surface area contributed by atoms with Crippen LogP contribution in [0, 0.1) is 0 Å². The van der Waals surface area contributed by atoms with Crippen molar-refractivity contribution < 1.29 is 14.3 Å². The number of rotatable bonds is 6. The molecule has 5 N–H and O–H groups in total. The first-order valence-electron chi connectivity index (χ1n) is 5.18. The second-order valence-electron chi connectivity index (χ2n) is 3.37. The number of thiocarbonyl (C=S) groups is 1. The first-order chi connectivity index (χ1) is 8.54. The van der Waals surface area contributed by atoms with Crippen LogP contribution in [-0.2, 0) is 4.74 Å². The van der Waals surface area contributed by atoms with Crippen molar-refractivity contribution in [3.8, 4) is 5.75 Å². The molecule has 1 amide bonds. The lowest BCUT2D eigenvalue weighted by molar-refractivity contribution is 0.161. The number of carbonyl (C=O) groups is 1. The summed E-state index contributed by atoms with van der Waals surface area (Å²) < 4.78 is 9.71. The average molecular weight is 269 g/mol. The largest absolute Gasteiger partial charge is 0.497 e. The number of hydrogen-bond donors (Lipinski definition) is 3. The van der Waals surface area contributed by atoms with Crippen LogP contribution >= 0.6 is 12.2 Å². The molecule has 0 aliphatic rings. The summed E-state index contributed by atoms with van der Waals surface area (Å²) >= 11 is 4.94. The molecule has 0 spiro atoms. The summed E-state index contributed by atoms with van der Waals surface area (Å²) in [4.78, 5) is 10.7. The molecule has 0 saturated carbocycles. The van der Waals surface area contributed by atoms with Gasteiger partial charge in [-0.25, -0.2) is 4.79 Å². The van der Waals surface area contributed by atoms with Crippen molar-refractivity contribution in [2.45, 2.75) is 0 Å². The number of methoxy groups -OCH3 is 1. The molecule has 6 nitrogen and oxygen atoms in total. The zero-order valence-corrected chi connectivity index (χ0v) is 10.8. The molecule has 0 aliphatic heterocycles. The topological polar surface area (TPSA) is 99.6 Å². The van der Waals surface area contributed by atoms with Gasteiger partial charge in [-0.2, -0.15) is 0 Å². The monoisotopic (exact) mass is 269 g/mol. The summed E-state index contributed by atoms with van der Waals surface area (Å²) in [5.74, 6) is 0.674. The summed E-state index contributed by atoms with van der Waals surface area (Å²) in [6.07, 6.45) is -0.808. The standard InChI is InChI=1S/C11H15N3O3S/c1-16-7-2-3-8(10(12)18)9(6-7)14-4-5-17-11(13)15/h2-3,6,14H,4-5H2,1H3,(H2,12,18)(H2,13,15). The number of primary amides is 1. The number of amides is 1. The number of hydrogen-bond acceptors (Lipinski definition) is 5. The Morgan fingerprint density at radius 1 is 1.44 bits per heavy atom. The smallest absolute Gasteiger partial charge is 0.404 e. The molecule has 0 bridgehead atoms. The molecule has 0 heterocycles. The Morgan fingerprint density at radius 3 is 2.72 bits per heavy atom. The number of anilines is 1. The van der Waals surface area contributed by atoms with Crippen LogP contribution in [-0.4, -0.2) is 31.3 Å². The molecule has 1 aromatic rings. The molecule has 0 aliphatic carbocycles. The molecule has 1 rings (SSSR count). The second-order valence-corrected chi connectivity index (χ2v) is 3.81. The molecular weight excluding hydrogens is 254 g/mol. The van der Waals surface area contributed by atoms with E-state index in [2.05, 4.69) is 10.1 Å². The lowest BCUT2D eigenvalue weighted by Gasteiger charge is -2.12. The van der Waals surface area contributed by atoms with Crippen LogP contribution in [0.5, 0.6) is 5.75 Å². The third-order valence-corrected chi connectivity index (χ3v) is 2.37. The van der Waals surface area contributed by atoms with Gasteiger partial charge >= 0.3 is 6.09 Å². The summed E-state index contributed by atoms with van der Waals surface area (Å²) in [7, 11) is 1.57. The van der Waals surface area contributed by atoms with Crippen molar-refractivity contribution in [2.75, 3.05) is 25.6 Å². The first-order valence-corrected chi connectivity index (χ1v) is 5.59. The van der Waals surface area contributed by atoms with Gasteiger partial charge in [-0.05, 0) is 12.1 Å². The molecule has 98 valence electrons. The molecule has 18 heavy (non-hydrogen) atoms. The van der Waals surface area contributed by atoms with Crippen molar-refractivity contribution in [3.63, 3.8) is 0 Å². The first kappa shape index (κ1) is 14.0. The molecule has 7 heteroatoms. The maximum Gasteiger partial charge on any atom is 0.404 e. The van der Waals surface area contributed by atoms with Crippen molar-refractivity contribution in [1.82, 2.24) is 0 Å². The van der Waals surface area contributed by atoms with Gasteiger partial charge in [0.1, 0.15) is 17.3 Å². The van der Waals surface area contributed by atoms with Crippen LogP contribution in [0.15, 0.2) is 18.2 Å². The predicted molar refractivity (Wildman–Crippen MR) is 72.9 cm³/mol. The van der Waals surface area contributed by atoms with E-state index in [0.717, 1.165) is 5.69 Å². The summed E-state index contributed by atoms with van der Waals surface area (Å²) in [5, 5.41) is 3.04. The van der Waals surface area contributed by atoms with Crippen molar-refractivity contribution >= 4 is 29.0 Å². The second kappa shape index (κ2) is 6.65. The lowest BCUT2D eigenvalue weighted by atomic mass is 10.1. The molecule has 0 saturated heterocycles. The molecule has 0 radical (unpaired) electrons. The van der Waals surface area contributed by atoms with Gasteiger partial charge in [0.15, 0.2) is 0 Å². The van der Waals surface area contributed by atoms with Gasteiger partial charge in [0.25, 0.3) is 0 Å². The van der Waals surface area contributed by atoms with E-state index >= 15 is 0 Å². The summed E-state index contributed by atoms with van der Waals surface area (Å²) in [6.45, 7) is 0.551. The minimum Gasteiger partial charge on any atom is -0.497 e. The van der Waals surface area contributed by atoms with Gasteiger partial charge < -0.3 is 26.3 Å². The summed E-state index contributed by atoms with van der Waals surface area (Å²) in [6, 6.07) is 5.29. The highest BCUT2D eigenvalue weighted by Gasteiger charge is 2.06. The average Bonchev–Trinajstić information content (AvgIpc) is 2.33. The molecule has 0 unspecified atom stereocenters. The van der Waals surface area contributed by atoms with E-state index in [1.165, 1.54) is 0 Å². The van der Waals surface area contributed by atoms with E-state index in [0.29, 0.717) is 17.9 Å². The fourth-order valence-electron chi connectivity index (χ4n) is 1.35. The van der Waals surface area contributed by atoms with Gasteiger partial charge in [-0.3, -0.25) is 0 Å². The van der Waals surface area contributed by atoms with E-state index < -0.39 is 6.09 Å². The van der Waals surface area contributed by atoms with E-state index in [4.69, 9.17) is 28.4 Å². The number of nitrogens with two attached hydrogens (primary N) is 2. The Kier molecular flexibility index (Phi) is 5.19. The van der Waals surface area contributed by atoms with Crippen LogP contribution in [0.2, 0.25) is 0 Å². The third-order valence-electron chi connectivity index (χ3n) is 2.15.